The molecule has 16 heavy (non-hydrogen) atoms. The van der Waals surface area contributed by atoms with Crippen LogP contribution >= 0.6 is 11.6 Å². The molecule has 90 valence electrons. The van der Waals surface area contributed by atoms with Crippen LogP contribution in [0.5, 0.6) is 0 Å². The van der Waals surface area contributed by atoms with Gasteiger partial charge in [-0.25, -0.2) is 4.39 Å². The Kier molecular flexibility index (Phi) is 5.56. The summed E-state index contributed by atoms with van der Waals surface area (Å²) in [5, 5.41) is 3.55. The van der Waals surface area contributed by atoms with Gasteiger partial charge in [0.25, 0.3) is 0 Å². The van der Waals surface area contributed by atoms with Gasteiger partial charge in [0.05, 0.1) is 17.3 Å². The van der Waals surface area contributed by atoms with Crippen molar-refractivity contribution in [1.82, 2.24) is 0 Å². The predicted molar refractivity (Wildman–Crippen MR) is 65.6 cm³/mol. The molecule has 0 saturated carbocycles. The summed E-state index contributed by atoms with van der Waals surface area (Å²) < 4.78 is 18.3. The molecular formula is C12H17ClFNO. The van der Waals surface area contributed by atoms with Crippen LogP contribution in [-0.4, -0.2) is 19.8 Å². The Morgan fingerprint density at radius 2 is 2.19 bits per heavy atom. The average Bonchev–Trinajstić information content (AvgIpc) is 2.22. The Morgan fingerprint density at radius 3 is 2.88 bits per heavy atom. The van der Waals surface area contributed by atoms with E-state index in [-0.39, 0.29) is 5.82 Å². The van der Waals surface area contributed by atoms with Crippen LogP contribution in [0.25, 0.3) is 0 Å². The molecule has 1 N–H and O–H groups in total. The Balaban J connectivity index is 2.29. The van der Waals surface area contributed by atoms with Crippen molar-refractivity contribution >= 4 is 17.3 Å². The van der Waals surface area contributed by atoms with Gasteiger partial charge in [0.2, 0.25) is 0 Å². The van der Waals surface area contributed by atoms with Crippen LogP contribution in [0.2, 0.25) is 5.02 Å². The lowest BCUT2D eigenvalue weighted by molar-refractivity contribution is 0.118. The van der Waals surface area contributed by atoms with Gasteiger partial charge in [0.15, 0.2) is 0 Å². The fourth-order valence-electron chi connectivity index (χ4n) is 1.21. The maximum Gasteiger partial charge on any atom is 0.125 e. The van der Waals surface area contributed by atoms with Crippen LogP contribution < -0.4 is 5.32 Å². The van der Waals surface area contributed by atoms with Crippen molar-refractivity contribution in [3.63, 3.8) is 0 Å². The second-order valence-corrected chi connectivity index (χ2v) is 4.43. The number of halogens is 2. The summed E-state index contributed by atoms with van der Waals surface area (Å²) in [6.45, 7) is 6.13. The Hall–Kier alpha value is -0.800. The molecule has 0 aliphatic heterocycles. The quantitative estimate of drug-likeness (QED) is 0.774. The summed E-state index contributed by atoms with van der Waals surface area (Å²) in [7, 11) is 0. The largest absolute Gasteiger partial charge is 0.381 e. The van der Waals surface area contributed by atoms with Crippen LogP contribution in [0.15, 0.2) is 18.2 Å². The van der Waals surface area contributed by atoms with Crippen LogP contribution in [0.4, 0.5) is 10.1 Å². The summed E-state index contributed by atoms with van der Waals surface area (Å²) in [6, 6.07) is 4.25. The molecular weight excluding hydrogens is 229 g/mol. The molecule has 0 aliphatic carbocycles. The Bertz CT molecular complexity index is 331. The topological polar surface area (TPSA) is 21.3 Å². The van der Waals surface area contributed by atoms with Crippen molar-refractivity contribution in [2.75, 3.05) is 25.1 Å². The highest BCUT2D eigenvalue weighted by Crippen LogP contribution is 2.21. The number of hydrogen-bond donors (Lipinski definition) is 1. The van der Waals surface area contributed by atoms with Crippen molar-refractivity contribution in [1.29, 1.82) is 0 Å². The lowest BCUT2D eigenvalue weighted by Crippen LogP contribution is -2.12. The highest BCUT2D eigenvalue weighted by molar-refractivity contribution is 6.33. The van der Waals surface area contributed by atoms with E-state index in [4.69, 9.17) is 16.3 Å². The first-order valence-electron chi connectivity index (χ1n) is 5.36. The van der Waals surface area contributed by atoms with Crippen LogP contribution in [0, 0.1) is 11.7 Å². The van der Waals surface area contributed by atoms with E-state index in [9.17, 15) is 4.39 Å². The molecule has 0 aliphatic rings. The van der Waals surface area contributed by atoms with E-state index in [1.807, 2.05) is 0 Å². The Labute approximate surface area is 101 Å². The molecule has 1 aromatic carbocycles. The van der Waals surface area contributed by atoms with Gasteiger partial charge in [-0.05, 0) is 24.1 Å². The van der Waals surface area contributed by atoms with Gasteiger partial charge >= 0.3 is 0 Å². The molecule has 0 radical (unpaired) electrons. The molecule has 0 aromatic heterocycles. The van der Waals surface area contributed by atoms with E-state index in [1.165, 1.54) is 18.2 Å². The molecule has 0 fully saturated rings. The summed E-state index contributed by atoms with van der Waals surface area (Å²) >= 11 is 5.89. The van der Waals surface area contributed by atoms with E-state index < -0.39 is 0 Å². The molecule has 0 bridgehead atoms. The fraction of sp³-hybridized carbons (Fsp3) is 0.500. The highest BCUT2D eigenvalue weighted by atomic mass is 35.5. The molecule has 0 unspecified atom stereocenters. The Morgan fingerprint density at radius 1 is 1.44 bits per heavy atom. The third-order valence-electron chi connectivity index (χ3n) is 1.94. The zero-order chi connectivity index (χ0) is 12.0. The molecule has 2 nitrogen and oxygen atoms in total. The number of hydrogen-bond acceptors (Lipinski definition) is 2. The van der Waals surface area contributed by atoms with Crippen molar-refractivity contribution < 1.29 is 9.13 Å². The van der Waals surface area contributed by atoms with E-state index in [0.29, 0.717) is 29.8 Å². The maximum absolute atomic E-state index is 12.9. The van der Waals surface area contributed by atoms with Gasteiger partial charge in [-0.2, -0.15) is 0 Å². The molecule has 1 aromatic rings. The van der Waals surface area contributed by atoms with Crippen LogP contribution in [0.3, 0.4) is 0 Å². The lowest BCUT2D eigenvalue weighted by atomic mass is 10.2. The van der Waals surface area contributed by atoms with Gasteiger partial charge in [0.1, 0.15) is 5.82 Å². The smallest absolute Gasteiger partial charge is 0.125 e. The van der Waals surface area contributed by atoms with Crippen molar-refractivity contribution in [3.8, 4) is 0 Å². The standard InChI is InChI=1S/C12H17ClFNO/c1-9(2)8-16-6-5-15-12-7-10(14)3-4-11(12)13/h3-4,7,9,15H,5-6,8H2,1-2H3. The monoisotopic (exact) mass is 245 g/mol. The van der Waals surface area contributed by atoms with Crippen LogP contribution in [-0.2, 0) is 4.74 Å². The van der Waals surface area contributed by atoms with Crippen molar-refractivity contribution in [3.05, 3.63) is 29.0 Å². The molecule has 4 heteroatoms. The first kappa shape index (κ1) is 13.3. The summed E-state index contributed by atoms with van der Waals surface area (Å²) in [6.07, 6.45) is 0. The second-order valence-electron chi connectivity index (χ2n) is 4.02. The minimum Gasteiger partial charge on any atom is -0.381 e. The second kappa shape index (κ2) is 6.71. The summed E-state index contributed by atoms with van der Waals surface area (Å²) in [4.78, 5) is 0. The first-order chi connectivity index (χ1) is 7.59. The third kappa shape index (κ3) is 4.81. The number of rotatable bonds is 6. The van der Waals surface area contributed by atoms with Gasteiger partial charge in [-0.15, -0.1) is 0 Å². The number of nitrogens with one attached hydrogen (secondary N) is 1. The third-order valence-corrected chi connectivity index (χ3v) is 2.27. The zero-order valence-corrected chi connectivity index (χ0v) is 10.4. The minimum atomic E-state index is -0.296. The SMILES string of the molecule is CC(C)COCCNc1cc(F)ccc1Cl. The molecule has 1 rings (SSSR count). The van der Waals surface area contributed by atoms with Gasteiger partial charge in [-0.1, -0.05) is 25.4 Å². The first-order valence-corrected chi connectivity index (χ1v) is 5.74. The van der Waals surface area contributed by atoms with Gasteiger partial charge in [0, 0.05) is 13.2 Å². The normalized spacial score (nSPS) is 10.8. The number of ether oxygens (including phenoxy) is 1. The number of benzene rings is 1. The predicted octanol–water partition coefficient (Wildman–Crippen LogP) is 3.56. The summed E-state index contributed by atoms with van der Waals surface area (Å²) in [5.41, 5.74) is 0.606. The maximum atomic E-state index is 12.9. The lowest BCUT2D eigenvalue weighted by Gasteiger charge is -2.10. The van der Waals surface area contributed by atoms with Crippen molar-refractivity contribution in [2.24, 2.45) is 5.92 Å². The van der Waals surface area contributed by atoms with Gasteiger partial charge in [-0.3, -0.25) is 0 Å². The van der Waals surface area contributed by atoms with E-state index in [2.05, 4.69) is 19.2 Å². The van der Waals surface area contributed by atoms with E-state index in [0.717, 1.165) is 6.61 Å². The van der Waals surface area contributed by atoms with Gasteiger partial charge < -0.3 is 10.1 Å². The van der Waals surface area contributed by atoms with Crippen LogP contribution in [0.1, 0.15) is 13.8 Å². The summed E-state index contributed by atoms with van der Waals surface area (Å²) in [5.74, 6) is 0.229. The van der Waals surface area contributed by atoms with Crippen molar-refractivity contribution in [2.45, 2.75) is 13.8 Å². The zero-order valence-electron chi connectivity index (χ0n) is 9.59. The highest BCUT2D eigenvalue weighted by Gasteiger charge is 2.01. The molecule has 0 heterocycles. The number of anilines is 1. The van der Waals surface area contributed by atoms with E-state index in [1.54, 1.807) is 0 Å². The van der Waals surface area contributed by atoms with E-state index >= 15 is 0 Å². The minimum absolute atomic E-state index is 0.296. The molecule has 0 amide bonds. The molecule has 0 atom stereocenters. The molecule has 0 saturated heterocycles. The average molecular weight is 246 g/mol. The molecule has 0 spiro atoms. The fourth-order valence-corrected chi connectivity index (χ4v) is 1.39.